The van der Waals surface area contributed by atoms with Crippen molar-refractivity contribution >= 4 is 50.1 Å². The average molecular weight is 523 g/mol. The molecule has 1 aromatic heterocycles. The zero-order chi connectivity index (χ0) is 23.3. The lowest BCUT2D eigenvalue weighted by Gasteiger charge is -2.26. The summed E-state index contributed by atoms with van der Waals surface area (Å²) in [6, 6.07) is 11.1. The normalized spacial score (nSPS) is 31.1. The van der Waals surface area contributed by atoms with Crippen LogP contribution in [0.15, 0.2) is 67.6 Å². The fourth-order valence-electron chi connectivity index (χ4n) is 5.72. The standard InChI is InChI=1S/C24H15BrN2O7/c25-9-1-6-14-12(7-9)19(29)13(8-32-14)18-17-20-15-16(21(33-20)22(17)34-26-18)24(31)27(23(15)30)10-2-4-11(28)5-3-10/h1-8,15-17,20-22,28H/t15-,16+,17?,20?,21?,22?/m1/s1. The first-order chi connectivity index (χ1) is 16.4. The molecule has 5 heterocycles. The van der Waals surface area contributed by atoms with Gasteiger partial charge in [-0.05, 0) is 42.5 Å². The summed E-state index contributed by atoms with van der Waals surface area (Å²) >= 11 is 3.37. The molecule has 7 rings (SSSR count). The summed E-state index contributed by atoms with van der Waals surface area (Å²) in [6.07, 6.45) is -0.522. The Kier molecular flexibility index (Phi) is 3.97. The van der Waals surface area contributed by atoms with Crippen molar-refractivity contribution in [3.05, 3.63) is 69.0 Å². The number of phenolic OH excluding ortho intramolecular Hbond substituents is 1. The van der Waals surface area contributed by atoms with Gasteiger partial charge in [0, 0.05) is 4.47 Å². The zero-order valence-electron chi connectivity index (χ0n) is 17.3. The van der Waals surface area contributed by atoms with E-state index in [0.717, 1.165) is 9.37 Å². The monoisotopic (exact) mass is 522 g/mol. The highest BCUT2D eigenvalue weighted by molar-refractivity contribution is 9.10. The number of amides is 2. The maximum atomic E-state index is 13.4. The van der Waals surface area contributed by atoms with Crippen LogP contribution in [0.25, 0.3) is 11.0 Å². The number of imide groups is 1. The molecule has 3 fully saturated rings. The van der Waals surface area contributed by atoms with E-state index in [4.69, 9.17) is 14.0 Å². The molecule has 170 valence electrons. The molecule has 10 heteroatoms. The molecule has 6 atom stereocenters. The SMILES string of the molecule is O=C1[C@@H]2C3OC(C4C(c5coc6ccc(Br)cc6c5=O)=NOC43)[C@@H]2C(=O)N1c1ccc(O)cc1. The summed E-state index contributed by atoms with van der Waals surface area (Å²) in [7, 11) is 0. The van der Waals surface area contributed by atoms with Crippen LogP contribution in [-0.4, -0.2) is 40.9 Å². The molecule has 4 aliphatic rings. The third-order valence-electron chi connectivity index (χ3n) is 7.16. The van der Waals surface area contributed by atoms with Gasteiger partial charge in [-0.25, -0.2) is 4.90 Å². The van der Waals surface area contributed by atoms with Crippen molar-refractivity contribution in [3.8, 4) is 5.75 Å². The number of anilines is 1. The number of nitrogens with zero attached hydrogens (tertiary/aromatic N) is 2. The topological polar surface area (TPSA) is 119 Å². The van der Waals surface area contributed by atoms with E-state index in [0.29, 0.717) is 22.4 Å². The van der Waals surface area contributed by atoms with Gasteiger partial charge in [0.05, 0.1) is 40.5 Å². The van der Waals surface area contributed by atoms with E-state index in [9.17, 15) is 19.5 Å². The number of halogens is 1. The summed E-state index contributed by atoms with van der Waals surface area (Å²) in [6.45, 7) is 0. The number of aromatic hydroxyl groups is 1. The summed E-state index contributed by atoms with van der Waals surface area (Å²) in [4.78, 5) is 46.7. The fourth-order valence-corrected chi connectivity index (χ4v) is 6.08. The van der Waals surface area contributed by atoms with E-state index in [-0.39, 0.29) is 28.6 Å². The second-order valence-electron chi connectivity index (χ2n) is 8.84. The second-order valence-corrected chi connectivity index (χ2v) is 9.75. The number of benzene rings is 2. The highest BCUT2D eigenvalue weighted by atomic mass is 79.9. The van der Waals surface area contributed by atoms with Gasteiger partial charge in [-0.1, -0.05) is 21.1 Å². The second kappa shape index (κ2) is 6.77. The molecule has 3 aromatic rings. The molecule has 0 aliphatic carbocycles. The van der Waals surface area contributed by atoms with Gasteiger partial charge in [0.25, 0.3) is 0 Å². The summed E-state index contributed by atoms with van der Waals surface area (Å²) in [5, 5.41) is 14.1. The first-order valence-electron chi connectivity index (χ1n) is 10.7. The van der Waals surface area contributed by atoms with Crippen LogP contribution in [0.2, 0.25) is 0 Å². The lowest BCUT2D eigenvalue weighted by Crippen LogP contribution is -2.46. The molecule has 3 saturated heterocycles. The largest absolute Gasteiger partial charge is 0.508 e. The molecule has 0 spiro atoms. The molecule has 0 radical (unpaired) electrons. The van der Waals surface area contributed by atoms with Crippen molar-refractivity contribution in [3.63, 3.8) is 0 Å². The molecule has 4 aliphatic heterocycles. The molecule has 2 amide bonds. The van der Waals surface area contributed by atoms with Crippen molar-refractivity contribution < 1.29 is 28.7 Å². The van der Waals surface area contributed by atoms with E-state index < -0.39 is 36.1 Å². The van der Waals surface area contributed by atoms with Crippen LogP contribution >= 0.6 is 15.9 Å². The molecular weight excluding hydrogens is 508 g/mol. The van der Waals surface area contributed by atoms with E-state index in [2.05, 4.69) is 21.1 Å². The Morgan fingerprint density at radius 3 is 2.41 bits per heavy atom. The molecule has 1 N–H and O–H groups in total. The van der Waals surface area contributed by atoms with E-state index in [1.165, 1.54) is 30.5 Å². The van der Waals surface area contributed by atoms with Gasteiger partial charge in [-0.3, -0.25) is 14.4 Å². The van der Waals surface area contributed by atoms with Gasteiger partial charge in [-0.15, -0.1) is 0 Å². The van der Waals surface area contributed by atoms with Crippen molar-refractivity contribution in [1.29, 1.82) is 0 Å². The smallest absolute Gasteiger partial charge is 0.240 e. The molecule has 34 heavy (non-hydrogen) atoms. The van der Waals surface area contributed by atoms with Gasteiger partial charge in [0.1, 0.15) is 29.4 Å². The number of rotatable bonds is 2. The molecule has 2 aromatic carbocycles. The van der Waals surface area contributed by atoms with Crippen LogP contribution in [0.3, 0.4) is 0 Å². The molecule has 0 saturated carbocycles. The summed E-state index contributed by atoms with van der Waals surface area (Å²) < 4.78 is 12.5. The first kappa shape index (κ1) is 19.9. The van der Waals surface area contributed by atoms with Gasteiger partial charge in [0.2, 0.25) is 17.2 Å². The van der Waals surface area contributed by atoms with Crippen LogP contribution in [-0.2, 0) is 19.2 Å². The fraction of sp³-hybridized carbons (Fsp3) is 0.250. The molecule has 9 nitrogen and oxygen atoms in total. The average Bonchev–Trinajstić information content (AvgIpc) is 3.56. The molecule has 2 bridgehead atoms. The number of carbonyl (C=O) groups excluding carboxylic acids is 2. The Balaban J connectivity index is 1.27. The van der Waals surface area contributed by atoms with Crippen LogP contribution in [0, 0.1) is 17.8 Å². The van der Waals surface area contributed by atoms with E-state index >= 15 is 0 Å². The van der Waals surface area contributed by atoms with Gasteiger partial charge < -0.3 is 19.1 Å². The van der Waals surface area contributed by atoms with Gasteiger partial charge >= 0.3 is 0 Å². The number of fused-ring (bicyclic) bond motifs is 9. The number of hydrogen-bond donors (Lipinski definition) is 1. The minimum absolute atomic E-state index is 0.0384. The predicted octanol–water partition coefficient (Wildman–Crippen LogP) is 2.57. The Hall–Kier alpha value is -3.50. The predicted molar refractivity (Wildman–Crippen MR) is 121 cm³/mol. The van der Waals surface area contributed by atoms with Crippen molar-refractivity contribution in [2.75, 3.05) is 4.90 Å². The maximum absolute atomic E-state index is 13.4. The molecule has 4 unspecified atom stereocenters. The Bertz CT molecular complexity index is 1500. The van der Waals surface area contributed by atoms with Crippen LogP contribution in [0.5, 0.6) is 5.75 Å². The van der Waals surface area contributed by atoms with Gasteiger partial charge in [-0.2, -0.15) is 0 Å². The summed E-state index contributed by atoms with van der Waals surface area (Å²) in [5.74, 6) is -2.56. The number of phenols is 1. The third kappa shape index (κ3) is 2.47. The third-order valence-corrected chi connectivity index (χ3v) is 7.65. The van der Waals surface area contributed by atoms with Crippen molar-refractivity contribution in [1.82, 2.24) is 0 Å². The quantitative estimate of drug-likeness (QED) is 0.513. The first-order valence-corrected chi connectivity index (χ1v) is 11.5. The van der Waals surface area contributed by atoms with Gasteiger partial charge in [0.15, 0.2) is 6.10 Å². The lowest BCUT2D eigenvalue weighted by molar-refractivity contribution is -0.125. The van der Waals surface area contributed by atoms with E-state index in [1.54, 1.807) is 18.2 Å². The van der Waals surface area contributed by atoms with Crippen molar-refractivity contribution in [2.45, 2.75) is 18.3 Å². The number of carbonyl (C=O) groups is 2. The minimum atomic E-state index is -0.707. The summed E-state index contributed by atoms with van der Waals surface area (Å²) in [5.41, 5.74) is 1.19. The Morgan fingerprint density at radius 1 is 0.912 bits per heavy atom. The number of ether oxygens (including phenoxy) is 1. The minimum Gasteiger partial charge on any atom is -0.508 e. The zero-order valence-corrected chi connectivity index (χ0v) is 18.8. The van der Waals surface area contributed by atoms with Crippen molar-refractivity contribution in [2.24, 2.45) is 22.9 Å². The lowest BCUT2D eigenvalue weighted by atomic mass is 9.71. The van der Waals surface area contributed by atoms with Crippen LogP contribution < -0.4 is 10.3 Å². The highest BCUT2D eigenvalue weighted by Crippen LogP contribution is 2.55. The van der Waals surface area contributed by atoms with Crippen LogP contribution in [0.1, 0.15) is 5.56 Å². The highest BCUT2D eigenvalue weighted by Gasteiger charge is 2.72. The molecular formula is C24H15BrN2O7. The van der Waals surface area contributed by atoms with Crippen LogP contribution in [0.4, 0.5) is 5.69 Å². The Labute approximate surface area is 199 Å². The maximum Gasteiger partial charge on any atom is 0.240 e. The van der Waals surface area contributed by atoms with E-state index in [1.807, 2.05) is 0 Å². The number of oxime groups is 1. The number of hydrogen-bond acceptors (Lipinski definition) is 8. The Morgan fingerprint density at radius 2 is 1.65 bits per heavy atom.